The molecule has 2 atom stereocenters. The molecule has 0 aromatic heterocycles. The van der Waals surface area contributed by atoms with Crippen LogP contribution >= 0.6 is 0 Å². The van der Waals surface area contributed by atoms with Gasteiger partial charge in [-0.1, -0.05) is 55.5 Å². The predicted molar refractivity (Wildman–Crippen MR) is 109 cm³/mol. The second-order valence-electron chi connectivity index (χ2n) is 7.23. The Morgan fingerprint density at radius 2 is 1.77 bits per heavy atom. The SMILES string of the molecule is CC[C@@H](OC(=O)[C@H]1CC(=O)N(NC(=O)c2ccccc2C)C1)C(=O)c1ccccc1. The van der Waals surface area contributed by atoms with E-state index in [2.05, 4.69) is 5.43 Å². The molecular formula is C23H24N2O5. The Bertz CT molecular complexity index is 957. The van der Waals surface area contributed by atoms with Crippen LogP contribution in [0.3, 0.4) is 0 Å². The highest BCUT2D eigenvalue weighted by atomic mass is 16.5. The van der Waals surface area contributed by atoms with Gasteiger partial charge in [0.2, 0.25) is 11.7 Å². The van der Waals surface area contributed by atoms with Crippen LogP contribution in [0.4, 0.5) is 0 Å². The predicted octanol–water partition coefficient (Wildman–Crippen LogP) is 2.69. The number of hydrazine groups is 1. The first-order valence-corrected chi connectivity index (χ1v) is 9.87. The van der Waals surface area contributed by atoms with Crippen molar-refractivity contribution in [3.63, 3.8) is 0 Å². The van der Waals surface area contributed by atoms with Crippen LogP contribution in [0.2, 0.25) is 0 Å². The van der Waals surface area contributed by atoms with Crippen molar-refractivity contribution >= 4 is 23.6 Å². The summed E-state index contributed by atoms with van der Waals surface area (Å²) in [5, 5.41) is 1.14. The molecule has 1 heterocycles. The number of hydrogen-bond donors (Lipinski definition) is 1. The van der Waals surface area contributed by atoms with Gasteiger partial charge >= 0.3 is 5.97 Å². The van der Waals surface area contributed by atoms with E-state index in [4.69, 9.17) is 4.74 Å². The molecule has 3 rings (SSSR count). The molecule has 156 valence electrons. The number of carbonyl (C=O) groups excluding carboxylic acids is 4. The minimum Gasteiger partial charge on any atom is -0.454 e. The molecular weight excluding hydrogens is 384 g/mol. The molecule has 7 heteroatoms. The van der Waals surface area contributed by atoms with E-state index in [1.54, 1.807) is 62.4 Å². The molecule has 2 aromatic carbocycles. The molecule has 1 N–H and O–H groups in total. The van der Waals surface area contributed by atoms with Crippen LogP contribution in [-0.2, 0) is 14.3 Å². The van der Waals surface area contributed by atoms with E-state index >= 15 is 0 Å². The molecule has 1 fully saturated rings. The van der Waals surface area contributed by atoms with E-state index in [0.717, 1.165) is 10.6 Å². The van der Waals surface area contributed by atoms with Gasteiger partial charge in [-0.3, -0.25) is 29.6 Å². The van der Waals surface area contributed by atoms with Gasteiger partial charge in [0.1, 0.15) is 0 Å². The maximum Gasteiger partial charge on any atom is 0.312 e. The number of hydrogen-bond acceptors (Lipinski definition) is 5. The van der Waals surface area contributed by atoms with E-state index in [0.29, 0.717) is 17.5 Å². The molecule has 1 saturated heterocycles. The van der Waals surface area contributed by atoms with E-state index in [1.807, 2.05) is 6.07 Å². The van der Waals surface area contributed by atoms with E-state index in [1.165, 1.54) is 0 Å². The Labute approximate surface area is 175 Å². The van der Waals surface area contributed by atoms with Crippen LogP contribution in [-0.4, -0.2) is 41.2 Å². The average Bonchev–Trinajstić information content (AvgIpc) is 3.12. The van der Waals surface area contributed by atoms with Crippen LogP contribution in [0.5, 0.6) is 0 Å². The van der Waals surface area contributed by atoms with Gasteiger partial charge in [0.25, 0.3) is 5.91 Å². The summed E-state index contributed by atoms with van der Waals surface area (Å²) in [7, 11) is 0. The van der Waals surface area contributed by atoms with Crippen molar-refractivity contribution < 1.29 is 23.9 Å². The summed E-state index contributed by atoms with van der Waals surface area (Å²) in [5.41, 5.74) is 4.26. The summed E-state index contributed by atoms with van der Waals surface area (Å²) in [5.74, 6) is -2.43. The summed E-state index contributed by atoms with van der Waals surface area (Å²) >= 11 is 0. The summed E-state index contributed by atoms with van der Waals surface area (Å²) in [6.07, 6.45) is -0.665. The standard InChI is InChI=1S/C23H24N2O5/c1-3-19(21(27)16-10-5-4-6-11-16)30-23(29)17-13-20(26)25(14-17)24-22(28)18-12-8-7-9-15(18)2/h4-12,17,19H,3,13-14H2,1-2H3,(H,24,28)/t17-,19+/m0/s1. The van der Waals surface area contributed by atoms with Crippen LogP contribution in [0.15, 0.2) is 54.6 Å². The van der Waals surface area contributed by atoms with Gasteiger partial charge in [-0.25, -0.2) is 0 Å². The van der Waals surface area contributed by atoms with Crippen molar-refractivity contribution in [3.05, 3.63) is 71.3 Å². The third-order valence-electron chi connectivity index (χ3n) is 5.06. The zero-order valence-electron chi connectivity index (χ0n) is 17.0. The molecule has 2 amide bonds. The third-order valence-corrected chi connectivity index (χ3v) is 5.06. The minimum absolute atomic E-state index is 0.00521. The number of nitrogens with zero attached hydrogens (tertiary/aromatic N) is 1. The second-order valence-corrected chi connectivity index (χ2v) is 7.23. The average molecular weight is 408 g/mol. The highest BCUT2D eigenvalue weighted by Crippen LogP contribution is 2.20. The van der Waals surface area contributed by atoms with Crippen LogP contribution in [0, 0.1) is 12.8 Å². The van der Waals surface area contributed by atoms with Crippen molar-refractivity contribution in [2.45, 2.75) is 32.8 Å². The Kier molecular flexibility index (Phi) is 6.61. The fraction of sp³-hybridized carbons (Fsp3) is 0.304. The lowest BCUT2D eigenvalue weighted by atomic mass is 10.0. The Morgan fingerprint density at radius 3 is 2.43 bits per heavy atom. The zero-order chi connectivity index (χ0) is 21.7. The van der Waals surface area contributed by atoms with Crippen molar-refractivity contribution in [1.82, 2.24) is 10.4 Å². The number of ether oxygens (including phenoxy) is 1. The lowest BCUT2D eigenvalue weighted by Gasteiger charge is -2.19. The van der Waals surface area contributed by atoms with Crippen molar-refractivity contribution in [2.24, 2.45) is 5.92 Å². The Morgan fingerprint density at radius 1 is 1.10 bits per heavy atom. The molecule has 7 nitrogen and oxygen atoms in total. The number of Topliss-reactive ketones (excluding diaryl/α,β-unsaturated/α-hetero) is 1. The number of nitrogens with one attached hydrogen (secondary N) is 1. The summed E-state index contributed by atoms with van der Waals surface area (Å²) in [6, 6.07) is 15.6. The van der Waals surface area contributed by atoms with E-state index in [-0.39, 0.29) is 24.7 Å². The molecule has 0 spiro atoms. The van der Waals surface area contributed by atoms with E-state index < -0.39 is 23.9 Å². The van der Waals surface area contributed by atoms with Gasteiger partial charge < -0.3 is 4.74 Å². The van der Waals surface area contributed by atoms with Gasteiger partial charge in [0, 0.05) is 17.5 Å². The first kappa shape index (κ1) is 21.2. The smallest absolute Gasteiger partial charge is 0.312 e. The Hall–Kier alpha value is -3.48. The number of carbonyl (C=O) groups is 4. The molecule has 0 aliphatic carbocycles. The maximum atomic E-state index is 12.6. The number of amides is 2. The van der Waals surface area contributed by atoms with Gasteiger partial charge in [0.05, 0.1) is 12.5 Å². The second kappa shape index (κ2) is 9.35. The minimum atomic E-state index is -0.911. The number of aryl methyl sites for hydroxylation is 1. The number of rotatable bonds is 7. The number of ketones is 1. The van der Waals surface area contributed by atoms with Crippen molar-refractivity contribution in [1.29, 1.82) is 0 Å². The van der Waals surface area contributed by atoms with Crippen LogP contribution < -0.4 is 5.43 Å². The van der Waals surface area contributed by atoms with Crippen LogP contribution in [0.25, 0.3) is 0 Å². The monoisotopic (exact) mass is 408 g/mol. The first-order chi connectivity index (χ1) is 14.4. The highest BCUT2D eigenvalue weighted by molar-refractivity contribution is 6.01. The molecule has 0 radical (unpaired) electrons. The summed E-state index contributed by atoms with van der Waals surface area (Å²) in [4.78, 5) is 49.9. The van der Waals surface area contributed by atoms with Crippen LogP contribution in [0.1, 0.15) is 46.0 Å². The third kappa shape index (κ3) is 4.74. The van der Waals surface area contributed by atoms with Crippen molar-refractivity contribution in [3.8, 4) is 0 Å². The zero-order valence-corrected chi connectivity index (χ0v) is 17.0. The molecule has 0 unspecified atom stereocenters. The Balaban J connectivity index is 1.61. The largest absolute Gasteiger partial charge is 0.454 e. The lowest BCUT2D eigenvalue weighted by Crippen LogP contribution is -2.43. The maximum absolute atomic E-state index is 12.6. The fourth-order valence-electron chi connectivity index (χ4n) is 3.33. The van der Waals surface area contributed by atoms with E-state index in [9.17, 15) is 19.2 Å². The normalized spacial score (nSPS) is 16.8. The van der Waals surface area contributed by atoms with Gasteiger partial charge in [-0.15, -0.1) is 0 Å². The molecule has 30 heavy (non-hydrogen) atoms. The first-order valence-electron chi connectivity index (χ1n) is 9.87. The molecule has 1 aliphatic rings. The van der Waals surface area contributed by atoms with Gasteiger partial charge in [0.15, 0.2) is 6.10 Å². The molecule has 2 aromatic rings. The number of esters is 1. The summed E-state index contributed by atoms with van der Waals surface area (Å²) in [6.45, 7) is 3.56. The molecule has 0 saturated carbocycles. The van der Waals surface area contributed by atoms with Gasteiger partial charge in [-0.05, 0) is 25.0 Å². The fourth-order valence-corrected chi connectivity index (χ4v) is 3.33. The van der Waals surface area contributed by atoms with Gasteiger partial charge in [-0.2, -0.15) is 0 Å². The highest BCUT2D eigenvalue weighted by Gasteiger charge is 2.38. The topological polar surface area (TPSA) is 92.8 Å². The summed E-state index contributed by atoms with van der Waals surface area (Å²) < 4.78 is 5.43. The number of benzene rings is 2. The molecule has 0 bridgehead atoms. The lowest BCUT2D eigenvalue weighted by molar-refractivity contribution is -0.151. The quantitative estimate of drug-likeness (QED) is 0.562. The van der Waals surface area contributed by atoms with Crippen molar-refractivity contribution in [2.75, 3.05) is 6.54 Å². The molecule has 1 aliphatic heterocycles.